The van der Waals surface area contributed by atoms with Crippen LogP contribution in [0.25, 0.3) is 0 Å². The highest BCUT2D eigenvalue weighted by molar-refractivity contribution is 5.80. The first-order valence-electron chi connectivity index (χ1n) is 7.92. The minimum absolute atomic E-state index is 0.185. The van der Waals surface area contributed by atoms with Crippen LogP contribution in [0.2, 0.25) is 0 Å². The van der Waals surface area contributed by atoms with Gasteiger partial charge in [0.15, 0.2) is 5.82 Å². The monoisotopic (exact) mass is 278 g/mol. The van der Waals surface area contributed by atoms with Crippen molar-refractivity contribution in [1.29, 1.82) is 0 Å². The summed E-state index contributed by atoms with van der Waals surface area (Å²) < 4.78 is 5.24. The van der Waals surface area contributed by atoms with E-state index < -0.39 is 0 Å². The third-order valence-corrected chi connectivity index (χ3v) is 4.26. The summed E-state index contributed by atoms with van der Waals surface area (Å²) in [5.74, 6) is 3.16. The second-order valence-corrected chi connectivity index (χ2v) is 6.49. The van der Waals surface area contributed by atoms with Gasteiger partial charge in [-0.3, -0.25) is 4.79 Å². The molecule has 0 saturated heterocycles. The Morgan fingerprint density at radius 1 is 1.30 bits per heavy atom. The number of carbonyl (C=O) groups excluding carboxylic acids is 1. The third-order valence-electron chi connectivity index (χ3n) is 4.26. The zero-order chi connectivity index (χ0) is 14.5. The number of Topliss-reactive ketones (excluding diaryl/α,β-unsaturated/α-hetero) is 1. The van der Waals surface area contributed by atoms with Crippen molar-refractivity contribution in [2.45, 2.75) is 71.6 Å². The van der Waals surface area contributed by atoms with Crippen molar-refractivity contribution < 1.29 is 9.32 Å². The van der Waals surface area contributed by atoms with E-state index in [9.17, 15) is 4.79 Å². The fraction of sp³-hybridized carbons (Fsp3) is 0.812. The summed E-state index contributed by atoms with van der Waals surface area (Å²) in [5.41, 5.74) is 0. The van der Waals surface area contributed by atoms with E-state index >= 15 is 0 Å². The quantitative estimate of drug-likeness (QED) is 0.791. The Morgan fingerprint density at radius 2 is 2.00 bits per heavy atom. The lowest BCUT2D eigenvalue weighted by molar-refractivity contribution is -0.119. The molecule has 20 heavy (non-hydrogen) atoms. The molecule has 0 atom stereocenters. The molecule has 1 fully saturated rings. The average Bonchev–Trinajstić information content (AvgIpc) is 2.86. The van der Waals surface area contributed by atoms with Gasteiger partial charge in [0.05, 0.1) is 6.42 Å². The van der Waals surface area contributed by atoms with Crippen molar-refractivity contribution in [3.63, 3.8) is 0 Å². The van der Waals surface area contributed by atoms with Crippen molar-refractivity contribution in [1.82, 2.24) is 10.1 Å². The van der Waals surface area contributed by atoms with E-state index in [4.69, 9.17) is 4.52 Å². The first kappa shape index (κ1) is 15.2. The molecule has 112 valence electrons. The van der Waals surface area contributed by atoms with Gasteiger partial charge in [-0.1, -0.05) is 32.3 Å². The molecule has 0 amide bonds. The standard InChI is InChI=1S/C16H26N2O2/c1-4-12-5-7-13(8-6-12)16-17-15(20-18-16)10-14(19)9-11(2)3/h11-13H,4-10H2,1-3H3. The highest BCUT2D eigenvalue weighted by atomic mass is 16.5. The van der Waals surface area contributed by atoms with Gasteiger partial charge in [-0.2, -0.15) is 4.98 Å². The van der Waals surface area contributed by atoms with Crippen LogP contribution in [0.1, 0.15) is 76.9 Å². The summed E-state index contributed by atoms with van der Waals surface area (Å²) >= 11 is 0. The highest BCUT2D eigenvalue weighted by Gasteiger charge is 2.25. The predicted octanol–water partition coefficient (Wildman–Crippen LogP) is 3.91. The van der Waals surface area contributed by atoms with Crippen LogP contribution in [-0.4, -0.2) is 15.9 Å². The first-order valence-corrected chi connectivity index (χ1v) is 7.92. The first-order chi connectivity index (χ1) is 9.58. The van der Waals surface area contributed by atoms with Gasteiger partial charge in [0.1, 0.15) is 5.78 Å². The summed E-state index contributed by atoms with van der Waals surface area (Å²) in [4.78, 5) is 16.2. The molecular formula is C16H26N2O2. The molecular weight excluding hydrogens is 252 g/mol. The number of nitrogens with zero attached hydrogens (tertiary/aromatic N) is 2. The van der Waals surface area contributed by atoms with Gasteiger partial charge >= 0.3 is 0 Å². The molecule has 2 rings (SSSR count). The normalized spacial score (nSPS) is 23.2. The number of aromatic nitrogens is 2. The number of rotatable bonds is 6. The maximum absolute atomic E-state index is 11.8. The van der Waals surface area contributed by atoms with Crippen molar-refractivity contribution in [2.24, 2.45) is 11.8 Å². The fourth-order valence-corrected chi connectivity index (χ4v) is 3.03. The lowest BCUT2D eigenvalue weighted by Gasteiger charge is -2.25. The van der Waals surface area contributed by atoms with Crippen LogP contribution in [0.5, 0.6) is 0 Å². The lowest BCUT2D eigenvalue weighted by Crippen LogP contribution is -2.13. The van der Waals surface area contributed by atoms with Crippen LogP contribution in [0.15, 0.2) is 4.52 Å². The van der Waals surface area contributed by atoms with E-state index in [1.165, 1.54) is 19.3 Å². The molecule has 0 aliphatic heterocycles. The molecule has 0 radical (unpaired) electrons. The largest absolute Gasteiger partial charge is 0.339 e. The SMILES string of the molecule is CCC1CCC(c2noc(CC(=O)CC(C)C)n2)CC1. The minimum Gasteiger partial charge on any atom is -0.339 e. The fourth-order valence-electron chi connectivity index (χ4n) is 3.03. The van der Waals surface area contributed by atoms with Gasteiger partial charge in [0, 0.05) is 12.3 Å². The molecule has 0 aromatic carbocycles. The summed E-state index contributed by atoms with van der Waals surface area (Å²) in [7, 11) is 0. The maximum atomic E-state index is 11.8. The van der Waals surface area contributed by atoms with Crippen molar-refractivity contribution in [2.75, 3.05) is 0 Å². The van der Waals surface area contributed by atoms with E-state index in [1.54, 1.807) is 0 Å². The smallest absolute Gasteiger partial charge is 0.234 e. The molecule has 1 aliphatic carbocycles. The summed E-state index contributed by atoms with van der Waals surface area (Å²) in [5, 5.41) is 4.08. The van der Waals surface area contributed by atoms with Crippen LogP contribution in [0, 0.1) is 11.8 Å². The van der Waals surface area contributed by atoms with Gasteiger partial charge in [0.25, 0.3) is 0 Å². The van der Waals surface area contributed by atoms with Crippen LogP contribution in [-0.2, 0) is 11.2 Å². The van der Waals surface area contributed by atoms with Gasteiger partial charge in [-0.05, 0) is 37.5 Å². The van der Waals surface area contributed by atoms with Crippen LogP contribution < -0.4 is 0 Å². The molecule has 1 aromatic rings. The van der Waals surface area contributed by atoms with Crippen molar-refractivity contribution in [3.05, 3.63) is 11.7 Å². The lowest BCUT2D eigenvalue weighted by atomic mass is 9.80. The van der Waals surface area contributed by atoms with Gasteiger partial charge in [0.2, 0.25) is 5.89 Å². The number of ketones is 1. The predicted molar refractivity (Wildman–Crippen MR) is 77.5 cm³/mol. The average molecular weight is 278 g/mol. The van der Waals surface area contributed by atoms with Crippen LogP contribution >= 0.6 is 0 Å². The zero-order valence-corrected chi connectivity index (χ0v) is 12.9. The molecule has 1 saturated carbocycles. The molecule has 4 heteroatoms. The number of hydrogen-bond acceptors (Lipinski definition) is 4. The van der Waals surface area contributed by atoms with Crippen molar-refractivity contribution >= 4 is 5.78 Å². The molecule has 0 unspecified atom stereocenters. The van der Waals surface area contributed by atoms with E-state index in [0.717, 1.165) is 24.6 Å². The molecule has 0 N–H and O–H groups in total. The molecule has 1 aliphatic rings. The number of hydrogen-bond donors (Lipinski definition) is 0. The van der Waals surface area contributed by atoms with Gasteiger partial charge in [-0.15, -0.1) is 0 Å². The third kappa shape index (κ3) is 4.15. The Balaban J connectivity index is 1.87. The molecule has 1 heterocycles. The maximum Gasteiger partial charge on any atom is 0.234 e. The summed E-state index contributed by atoms with van der Waals surface area (Å²) in [6.07, 6.45) is 6.96. The molecule has 1 aromatic heterocycles. The van der Waals surface area contributed by atoms with Crippen molar-refractivity contribution in [3.8, 4) is 0 Å². The van der Waals surface area contributed by atoms with Gasteiger partial charge in [-0.25, -0.2) is 0 Å². The minimum atomic E-state index is 0.185. The zero-order valence-electron chi connectivity index (χ0n) is 12.9. The topological polar surface area (TPSA) is 56.0 Å². The van der Waals surface area contributed by atoms with Gasteiger partial charge < -0.3 is 4.52 Å². The Hall–Kier alpha value is -1.19. The number of carbonyl (C=O) groups is 1. The van der Waals surface area contributed by atoms with E-state index in [2.05, 4.69) is 17.1 Å². The summed E-state index contributed by atoms with van der Waals surface area (Å²) in [6, 6.07) is 0. The van der Waals surface area contributed by atoms with Crippen LogP contribution in [0.3, 0.4) is 0 Å². The second-order valence-electron chi connectivity index (χ2n) is 6.49. The summed E-state index contributed by atoms with van der Waals surface area (Å²) in [6.45, 7) is 6.35. The Labute approximate surface area is 121 Å². The van der Waals surface area contributed by atoms with E-state index in [0.29, 0.717) is 24.1 Å². The van der Waals surface area contributed by atoms with E-state index in [-0.39, 0.29) is 12.2 Å². The van der Waals surface area contributed by atoms with E-state index in [1.807, 2.05) is 13.8 Å². The highest BCUT2D eigenvalue weighted by Crippen LogP contribution is 2.35. The Morgan fingerprint density at radius 3 is 2.60 bits per heavy atom. The Bertz CT molecular complexity index is 431. The van der Waals surface area contributed by atoms with Crippen LogP contribution in [0.4, 0.5) is 0 Å². The molecule has 4 nitrogen and oxygen atoms in total. The molecule has 0 spiro atoms. The molecule has 0 bridgehead atoms. The Kier molecular flexibility index (Phi) is 5.32. The second kappa shape index (κ2) is 7.00.